The monoisotopic (exact) mass is 222 g/mol. The molecule has 0 saturated heterocycles. The fourth-order valence-electron chi connectivity index (χ4n) is 1.27. The minimum Gasteiger partial charge on any atom is -0.481 e. The van der Waals surface area contributed by atoms with Crippen molar-refractivity contribution in [3.05, 3.63) is 39.7 Å². The Bertz CT molecular complexity index is 413. The molecule has 1 aromatic heterocycles. The first kappa shape index (κ1) is 12.2. The third-order valence-corrected chi connectivity index (χ3v) is 2.10. The number of allylic oxidation sites excluding steroid dienone is 1. The zero-order valence-electron chi connectivity index (χ0n) is 9.51. The molecule has 1 rings (SSSR count). The van der Waals surface area contributed by atoms with Crippen LogP contribution in [0.3, 0.4) is 0 Å². The lowest BCUT2D eigenvalue weighted by Gasteiger charge is -2.04. The smallest absolute Gasteiger partial charge is 0.249 e. The van der Waals surface area contributed by atoms with Gasteiger partial charge in [-0.3, -0.25) is 10.1 Å². The van der Waals surface area contributed by atoms with Crippen LogP contribution in [-0.2, 0) is 0 Å². The van der Waals surface area contributed by atoms with E-state index in [9.17, 15) is 10.1 Å². The average Bonchev–Trinajstić information content (AvgIpc) is 2.25. The molecule has 0 radical (unpaired) electrons. The van der Waals surface area contributed by atoms with E-state index >= 15 is 0 Å². The summed E-state index contributed by atoms with van der Waals surface area (Å²) in [5.74, 6) is 0.238. The summed E-state index contributed by atoms with van der Waals surface area (Å²) >= 11 is 0. The van der Waals surface area contributed by atoms with Crippen LogP contribution in [0.25, 0.3) is 6.08 Å². The molecule has 0 aliphatic rings. The molecular formula is C11H14N2O3. The summed E-state index contributed by atoms with van der Waals surface area (Å²) in [5, 5.41) is 10.8. The Morgan fingerprint density at radius 3 is 2.81 bits per heavy atom. The predicted molar refractivity (Wildman–Crippen MR) is 60.6 cm³/mol. The predicted octanol–water partition coefficient (Wildman–Crippen LogP) is 2.36. The number of pyridine rings is 1. The molecule has 0 amide bonds. The van der Waals surface area contributed by atoms with Gasteiger partial charge in [0.05, 0.1) is 12.0 Å². The van der Waals surface area contributed by atoms with Gasteiger partial charge >= 0.3 is 0 Å². The van der Waals surface area contributed by atoms with Crippen LogP contribution in [0.5, 0.6) is 5.88 Å². The highest BCUT2D eigenvalue weighted by Gasteiger charge is 2.16. The molecule has 0 saturated carbocycles. The van der Waals surface area contributed by atoms with Crippen molar-refractivity contribution in [2.45, 2.75) is 13.8 Å². The van der Waals surface area contributed by atoms with Gasteiger partial charge in [0.25, 0.3) is 0 Å². The van der Waals surface area contributed by atoms with E-state index in [0.717, 1.165) is 0 Å². The standard InChI is InChI=1S/C11H14N2O3/c1-8(2)10(13(14)15)7-9-5-4-6-12-11(9)16-3/h4-8H,1-3H3/b10-7+. The maximum atomic E-state index is 10.8. The molecule has 0 aliphatic carbocycles. The van der Waals surface area contributed by atoms with Crippen LogP contribution in [0.2, 0.25) is 0 Å². The third-order valence-electron chi connectivity index (χ3n) is 2.10. The molecule has 86 valence electrons. The maximum absolute atomic E-state index is 10.8. The summed E-state index contributed by atoms with van der Waals surface area (Å²) in [6.45, 7) is 3.55. The molecule has 1 aromatic rings. The lowest BCUT2D eigenvalue weighted by atomic mass is 10.1. The second-order valence-corrected chi connectivity index (χ2v) is 3.58. The van der Waals surface area contributed by atoms with Crippen LogP contribution in [0, 0.1) is 16.0 Å². The highest BCUT2D eigenvalue weighted by Crippen LogP contribution is 2.20. The van der Waals surface area contributed by atoms with Crippen LogP contribution < -0.4 is 4.74 Å². The van der Waals surface area contributed by atoms with Gasteiger partial charge in [-0.15, -0.1) is 0 Å². The van der Waals surface area contributed by atoms with Crippen molar-refractivity contribution >= 4 is 6.08 Å². The highest BCUT2D eigenvalue weighted by molar-refractivity contribution is 5.56. The fourth-order valence-corrected chi connectivity index (χ4v) is 1.27. The third kappa shape index (κ3) is 2.79. The van der Waals surface area contributed by atoms with Gasteiger partial charge in [0, 0.05) is 23.8 Å². The number of rotatable bonds is 4. The normalized spacial score (nSPS) is 11.6. The first-order valence-corrected chi connectivity index (χ1v) is 4.91. The van der Waals surface area contributed by atoms with Crippen molar-refractivity contribution in [3.8, 4) is 5.88 Å². The van der Waals surface area contributed by atoms with Crippen LogP contribution in [0.15, 0.2) is 24.0 Å². The van der Waals surface area contributed by atoms with Crippen LogP contribution >= 0.6 is 0 Å². The van der Waals surface area contributed by atoms with Crippen LogP contribution in [0.1, 0.15) is 19.4 Å². The van der Waals surface area contributed by atoms with Crippen LogP contribution in [0.4, 0.5) is 0 Å². The Kier molecular flexibility index (Phi) is 3.99. The van der Waals surface area contributed by atoms with E-state index in [4.69, 9.17) is 4.74 Å². The molecule has 5 nitrogen and oxygen atoms in total. The molecule has 0 N–H and O–H groups in total. The summed E-state index contributed by atoms with van der Waals surface area (Å²) in [6.07, 6.45) is 3.08. The Morgan fingerprint density at radius 2 is 2.31 bits per heavy atom. The largest absolute Gasteiger partial charge is 0.481 e. The molecule has 0 aromatic carbocycles. The molecule has 0 fully saturated rings. The summed E-state index contributed by atoms with van der Waals surface area (Å²) in [5.41, 5.74) is 0.761. The van der Waals surface area contributed by atoms with E-state index in [0.29, 0.717) is 11.4 Å². The molecular weight excluding hydrogens is 208 g/mol. The van der Waals surface area contributed by atoms with Gasteiger partial charge in [0.15, 0.2) is 0 Å². The van der Waals surface area contributed by atoms with Crippen molar-refractivity contribution < 1.29 is 9.66 Å². The van der Waals surface area contributed by atoms with Crippen molar-refractivity contribution in [1.29, 1.82) is 0 Å². The van der Waals surface area contributed by atoms with Gasteiger partial charge in [-0.05, 0) is 12.1 Å². The molecule has 0 bridgehead atoms. The first-order valence-electron chi connectivity index (χ1n) is 4.91. The van der Waals surface area contributed by atoms with Crippen LogP contribution in [-0.4, -0.2) is 17.0 Å². The molecule has 0 aliphatic heterocycles. The molecule has 0 unspecified atom stereocenters. The van der Waals surface area contributed by atoms with Gasteiger partial charge in [-0.25, -0.2) is 4.98 Å². The zero-order valence-corrected chi connectivity index (χ0v) is 9.51. The van der Waals surface area contributed by atoms with Gasteiger partial charge in [-0.1, -0.05) is 13.8 Å². The lowest BCUT2D eigenvalue weighted by molar-refractivity contribution is -0.431. The molecule has 0 spiro atoms. The number of nitrogens with zero attached hydrogens (tertiary/aromatic N) is 2. The maximum Gasteiger partial charge on any atom is 0.249 e. The topological polar surface area (TPSA) is 65.3 Å². The number of aromatic nitrogens is 1. The van der Waals surface area contributed by atoms with E-state index in [1.165, 1.54) is 13.2 Å². The molecule has 1 heterocycles. The average molecular weight is 222 g/mol. The quantitative estimate of drug-likeness (QED) is 0.579. The lowest BCUT2D eigenvalue weighted by Crippen LogP contribution is -2.05. The van der Waals surface area contributed by atoms with Crippen molar-refractivity contribution in [2.75, 3.05) is 7.11 Å². The van der Waals surface area contributed by atoms with Gasteiger partial charge in [0.1, 0.15) is 0 Å². The summed E-state index contributed by atoms with van der Waals surface area (Å²) < 4.78 is 5.03. The summed E-state index contributed by atoms with van der Waals surface area (Å²) in [4.78, 5) is 14.4. The van der Waals surface area contributed by atoms with E-state index in [2.05, 4.69) is 4.98 Å². The first-order chi connectivity index (χ1) is 7.56. The number of methoxy groups -OCH3 is 1. The van der Waals surface area contributed by atoms with E-state index in [-0.39, 0.29) is 16.5 Å². The SMILES string of the molecule is COc1ncccc1/C=C(\C(C)C)[N+](=O)[O-]. The second-order valence-electron chi connectivity index (χ2n) is 3.58. The number of hydrogen-bond acceptors (Lipinski definition) is 4. The van der Waals surface area contributed by atoms with E-state index < -0.39 is 0 Å². The van der Waals surface area contributed by atoms with Crippen molar-refractivity contribution in [2.24, 2.45) is 5.92 Å². The molecule has 5 heteroatoms. The second kappa shape index (κ2) is 5.25. The number of nitro groups is 1. The number of hydrogen-bond donors (Lipinski definition) is 0. The van der Waals surface area contributed by atoms with Gasteiger partial charge in [-0.2, -0.15) is 0 Å². The molecule has 16 heavy (non-hydrogen) atoms. The Balaban J connectivity index is 3.17. The summed E-state index contributed by atoms with van der Waals surface area (Å²) in [6, 6.07) is 3.45. The Hall–Kier alpha value is -1.91. The van der Waals surface area contributed by atoms with Gasteiger partial charge in [0.2, 0.25) is 11.6 Å². The van der Waals surface area contributed by atoms with Crippen molar-refractivity contribution in [1.82, 2.24) is 4.98 Å². The minimum atomic E-state index is -0.378. The highest BCUT2D eigenvalue weighted by atomic mass is 16.6. The minimum absolute atomic E-state index is 0.145. The Morgan fingerprint density at radius 1 is 1.62 bits per heavy atom. The van der Waals surface area contributed by atoms with Gasteiger partial charge < -0.3 is 4.74 Å². The van der Waals surface area contributed by atoms with E-state index in [1.807, 2.05) is 0 Å². The fraction of sp³-hybridized carbons (Fsp3) is 0.364. The zero-order chi connectivity index (χ0) is 12.1. The number of ether oxygens (including phenoxy) is 1. The Labute approximate surface area is 93.9 Å². The van der Waals surface area contributed by atoms with E-state index in [1.54, 1.807) is 32.2 Å². The molecule has 0 atom stereocenters. The van der Waals surface area contributed by atoms with Crippen molar-refractivity contribution in [3.63, 3.8) is 0 Å². The summed E-state index contributed by atoms with van der Waals surface area (Å²) in [7, 11) is 1.49.